The van der Waals surface area contributed by atoms with E-state index in [-0.39, 0.29) is 19.0 Å². The molecule has 0 fully saturated rings. The second kappa shape index (κ2) is 5.20. The van der Waals surface area contributed by atoms with Gasteiger partial charge in [-0.15, -0.1) is 0 Å². The van der Waals surface area contributed by atoms with Crippen LogP contribution in [0.25, 0.3) is 0 Å². The van der Waals surface area contributed by atoms with Crippen LogP contribution in [0.15, 0.2) is 0 Å². The highest BCUT2D eigenvalue weighted by Crippen LogP contribution is 1.89. The van der Waals surface area contributed by atoms with Gasteiger partial charge in [0.25, 0.3) is 0 Å². The van der Waals surface area contributed by atoms with E-state index in [1.807, 2.05) is 0 Å². The summed E-state index contributed by atoms with van der Waals surface area (Å²) in [4.78, 5) is 10.6. The Hall–Kier alpha value is -0.610. The molecule has 0 spiro atoms. The molecule has 0 rings (SSSR count). The summed E-state index contributed by atoms with van der Waals surface area (Å²) in [6.07, 6.45) is 0.0876. The Labute approximate surface area is 60.0 Å². The summed E-state index contributed by atoms with van der Waals surface area (Å²) in [7, 11) is 0. The van der Waals surface area contributed by atoms with Crippen LogP contribution in [-0.2, 0) is 9.53 Å². The highest BCUT2D eigenvalue weighted by molar-refractivity contribution is 5.70. The third-order valence-electron chi connectivity index (χ3n) is 0.969. The molecule has 4 heteroatoms. The van der Waals surface area contributed by atoms with E-state index in [4.69, 9.17) is 10.8 Å². The van der Waals surface area contributed by atoms with Crippen molar-refractivity contribution in [1.29, 1.82) is 0 Å². The lowest BCUT2D eigenvalue weighted by molar-refractivity contribution is -0.143. The Bertz CT molecular complexity index is 105. The average Bonchev–Trinajstić information content (AvgIpc) is 1.88. The summed E-state index contributed by atoms with van der Waals surface area (Å²) in [6.45, 7) is 1.90. The SMILES string of the molecule is CCOC(=O)C[C@@H](N)CO. The van der Waals surface area contributed by atoms with Crippen molar-refractivity contribution in [3.63, 3.8) is 0 Å². The number of rotatable bonds is 4. The van der Waals surface area contributed by atoms with Crippen LogP contribution in [0.2, 0.25) is 0 Å². The number of ether oxygens (including phenoxy) is 1. The summed E-state index contributed by atoms with van der Waals surface area (Å²) in [5.74, 6) is -0.357. The van der Waals surface area contributed by atoms with Crippen molar-refractivity contribution in [2.75, 3.05) is 13.2 Å². The van der Waals surface area contributed by atoms with Gasteiger partial charge in [0.2, 0.25) is 0 Å². The second-order valence-corrected chi connectivity index (χ2v) is 1.95. The lowest BCUT2D eigenvalue weighted by Gasteiger charge is -2.05. The fraction of sp³-hybridized carbons (Fsp3) is 0.833. The van der Waals surface area contributed by atoms with Gasteiger partial charge in [0.15, 0.2) is 0 Å². The molecule has 0 aliphatic rings. The smallest absolute Gasteiger partial charge is 0.307 e. The van der Waals surface area contributed by atoms with Crippen LogP contribution in [0.4, 0.5) is 0 Å². The number of hydrogen-bond acceptors (Lipinski definition) is 4. The van der Waals surface area contributed by atoms with Crippen molar-refractivity contribution in [2.45, 2.75) is 19.4 Å². The Morgan fingerprint density at radius 2 is 2.40 bits per heavy atom. The minimum Gasteiger partial charge on any atom is -0.466 e. The van der Waals surface area contributed by atoms with Gasteiger partial charge in [0.05, 0.1) is 19.6 Å². The molecule has 0 radical (unpaired) electrons. The molecular weight excluding hydrogens is 134 g/mol. The van der Waals surface area contributed by atoms with Gasteiger partial charge < -0.3 is 15.6 Å². The first-order valence-corrected chi connectivity index (χ1v) is 3.22. The molecule has 0 aliphatic heterocycles. The minimum absolute atomic E-state index is 0.0876. The van der Waals surface area contributed by atoms with Crippen LogP contribution < -0.4 is 5.73 Å². The summed E-state index contributed by atoms with van der Waals surface area (Å²) in [5, 5.41) is 8.42. The molecule has 4 nitrogen and oxygen atoms in total. The topological polar surface area (TPSA) is 72.5 Å². The molecule has 0 heterocycles. The van der Waals surface area contributed by atoms with Crippen LogP contribution in [0.1, 0.15) is 13.3 Å². The molecular formula is C6H13NO3. The molecule has 1 atom stereocenters. The van der Waals surface area contributed by atoms with E-state index >= 15 is 0 Å². The van der Waals surface area contributed by atoms with Gasteiger partial charge in [-0.2, -0.15) is 0 Å². The van der Waals surface area contributed by atoms with Crippen molar-refractivity contribution in [3.8, 4) is 0 Å². The van der Waals surface area contributed by atoms with Crippen molar-refractivity contribution in [1.82, 2.24) is 0 Å². The fourth-order valence-electron chi connectivity index (χ4n) is 0.499. The third-order valence-corrected chi connectivity index (χ3v) is 0.969. The molecule has 0 saturated heterocycles. The van der Waals surface area contributed by atoms with Crippen LogP contribution in [-0.4, -0.2) is 30.3 Å². The van der Waals surface area contributed by atoms with Crippen molar-refractivity contribution >= 4 is 5.97 Å². The zero-order valence-corrected chi connectivity index (χ0v) is 6.04. The molecule has 0 aliphatic carbocycles. The van der Waals surface area contributed by atoms with E-state index in [0.717, 1.165) is 0 Å². The molecule has 0 bridgehead atoms. The zero-order chi connectivity index (χ0) is 7.98. The highest BCUT2D eigenvalue weighted by atomic mass is 16.5. The molecule has 0 aromatic carbocycles. The largest absolute Gasteiger partial charge is 0.466 e. The number of carbonyl (C=O) groups excluding carboxylic acids is 1. The summed E-state index contributed by atoms with van der Waals surface area (Å²) < 4.78 is 4.58. The minimum atomic E-state index is -0.487. The number of aliphatic hydroxyl groups excluding tert-OH is 1. The zero-order valence-electron chi connectivity index (χ0n) is 6.04. The lowest BCUT2D eigenvalue weighted by atomic mass is 10.2. The molecule has 0 saturated carbocycles. The Morgan fingerprint density at radius 3 is 2.80 bits per heavy atom. The number of carbonyl (C=O) groups is 1. The quantitative estimate of drug-likeness (QED) is 0.514. The molecule has 0 amide bonds. The van der Waals surface area contributed by atoms with Crippen molar-refractivity contribution in [2.24, 2.45) is 5.73 Å². The fourth-order valence-corrected chi connectivity index (χ4v) is 0.499. The van der Waals surface area contributed by atoms with E-state index in [0.29, 0.717) is 6.61 Å². The maximum Gasteiger partial charge on any atom is 0.307 e. The molecule has 0 aromatic rings. The van der Waals surface area contributed by atoms with Gasteiger partial charge in [-0.25, -0.2) is 0 Å². The predicted octanol–water partition coefficient (Wildman–Crippen LogP) is -0.741. The van der Waals surface area contributed by atoms with E-state index in [1.54, 1.807) is 6.92 Å². The van der Waals surface area contributed by atoms with Crippen molar-refractivity contribution in [3.05, 3.63) is 0 Å². The first kappa shape index (κ1) is 9.39. The van der Waals surface area contributed by atoms with E-state index in [9.17, 15) is 4.79 Å². The van der Waals surface area contributed by atoms with Gasteiger partial charge in [0.1, 0.15) is 0 Å². The first-order chi connectivity index (χ1) is 4.70. The van der Waals surface area contributed by atoms with Crippen LogP contribution in [0.3, 0.4) is 0 Å². The number of esters is 1. The van der Waals surface area contributed by atoms with Crippen LogP contribution in [0.5, 0.6) is 0 Å². The number of hydrogen-bond donors (Lipinski definition) is 2. The van der Waals surface area contributed by atoms with E-state index in [1.165, 1.54) is 0 Å². The predicted molar refractivity (Wildman–Crippen MR) is 36.3 cm³/mol. The molecule has 0 unspecified atom stereocenters. The van der Waals surface area contributed by atoms with Gasteiger partial charge in [-0.1, -0.05) is 0 Å². The van der Waals surface area contributed by atoms with Gasteiger partial charge in [-0.05, 0) is 6.92 Å². The third kappa shape index (κ3) is 4.29. The van der Waals surface area contributed by atoms with Crippen LogP contribution >= 0.6 is 0 Å². The van der Waals surface area contributed by atoms with Gasteiger partial charge >= 0.3 is 5.97 Å². The molecule has 10 heavy (non-hydrogen) atoms. The van der Waals surface area contributed by atoms with E-state index in [2.05, 4.69) is 4.74 Å². The number of aliphatic hydroxyl groups is 1. The number of nitrogens with two attached hydrogens (primary N) is 1. The van der Waals surface area contributed by atoms with E-state index < -0.39 is 6.04 Å². The lowest BCUT2D eigenvalue weighted by Crippen LogP contribution is -2.28. The Balaban J connectivity index is 3.37. The second-order valence-electron chi connectivity index (χ2n) is 1.95. The average molecular weight is 147 g/mol. The Kier molecular flexibility index (Phi) is 4.88. The molecule has 0 aromatic heterocycles. The summed E-state index contributed by atoms with van der Waals surface area (Å²) >= 11 is 0. The Morgan fingerprint density at radius 1 is 1.80 bits per heavy atom. The molecule has 60 valence electrons. The first-order valence-electron chi connectivity index (χ1n) is 3.22. The maximum atomic E-state index is 10.6. The monoisotopic (exact) mass is 147 g/mol. The van der Waals surface area contributed by atoms with Gasteiger partial charge in [0, 0.05) is 6.04 Å². The standard InChI is InChI=1S/C6H13NO3/c1-2-10-6(9)3-5(7)4-8/h5,8H,2-4,7H2,1H3/t5-/m1/s1. The maximum absolute atomic E-state index is 10.6. The normalized spacial score (nSPS) is 12.7. The van der Waals surface area contributed by atoms with Gasteiger partial charge in [-0.3, -0.25) is 4.79 Å². The summed E-state index contributed by atoms with van der Waals surface area (Å²) in [6, 6.07) is -0.487. The molecule has 3 N–H and O–H groups in total. The highest BCUT2D eigenvalue weighted by Gasteiger charge is 2.07. The summed E-state index contributed by atoms with van der Waals surface area (Å²) in [5.41, 5.74) is 5.25. The van der Waals surface area contributed by atoms with Crippen LogP contribution in [0, 0.1) is 0 Å². The van der Waals surface area contributed by atoms with Crippen molar-refractivity contribution < 1.29 is 14.6 Å².